The van der Waals surface area contributed by atoms with Crippen LogP contribution in [0.2, 0.25) is 0 Å². The van der Waals surface area contributed by atoms with Crippen molar-refractivity contribution in [3.63, 3.8) is 0 Å². The second-order valence-corrected chi connectivity index (χ2v) is 6.06. The smallest absolute Gasteiger partial charge is 0.337 e. The summed E-state index contributed by atoms with van der Waals surface area (Å²) in [6.07, 6.45) is 3.16. The van der Waals surface area contributed by atoms with E-state index in [0.29, 0.717) is 21.2 Å². The molecule has 9 heteroatoms. The van der Waals surface area contributed by atoms with Gasteiger partial charge in [0.05, 0.1) is 41.5 Å². The lowest BCUT2D eigenvalue weighted by Gasteiger charge is -2.15. The maximum absolute atomic E-state index is 12.5. The number of aliphatic hydroxyl groups is 1. The third-order valence-corrected chi connectivity index (χ3v) is 4.59. The third kappa shape index (κ3) is 3.20. The van der Waals surface area contributed by atoms with Crippen LogP contribution in [0.1, 0.15) is 0 Å². The molecule has 8 nitrogen and oxygen atoms in total. The molecule has 2 N–H and O–H groups in total. The predicted molar refractivity (Wildman–Crippen MR) is 93.6 cm³/mol. The molecule has 0 fully saturated rings. The maximum Gasteiger partial charge on any atom is 0.337 e. The highest BCUT2D eigenvalue weighted by Crippen LogP contribution is 2.32. The molecular weight excluding hydrogens is 392 g/mol. The first-order chi connectivity index (χ1) is 12.1. The number of rotatable bonds is 5. The fourth-order valence-electron chi connectivity index (χ4n) is 2.58. The van der Waals surface area contributed by atoms with E-state index in [1.807, 2.05) is 0 Å². The molecule has 0 radical (unpaired) electrons. The highest BCUT2D eigenvalue weighted by atomic mass is 79.9. The zero-order chi connectivity index (χ0) is 18.0. The van der Waals surface area contributed by atoms with Crippen LogP contribution in [-0.4, -0.2) is 58.7 Å². The molecule has 1 aliphatic heterocycles. The minimum absolute atomic E-state index is 0.0827. The number of methoxy groups -OCH3 is 1. The van der Waals surface area contributed by atoms with Crippen LogP contribution in [0.4, 0.5) is 5.69 Å². The van der Waals surface area contributed by atoms with Gasteiger partial charge in [0.1, 0.15) is 11.2 Å². The van der Waals surface area contributed by atoms with E-state index in [1.165, 1.54) is 12.0 Å². The Hall–Kier alpha value is -2.52. The van der Waals surface area contributed by atoms with Crippen molar-refractivity contribution in [2.75, 3.05) is 32.1 Å². The average Bonchev–Trinajstić information content (AvgIpc) is 2.93. The lowest BCUT2D eigenvalue weighted by atomic mass is 10.2. The summed E-state index contributed by atoms with van der Waals surface area (Å²) in [4.78, 5) is 34.4. The number of fused-ring (bicyclic) bond motifs is 1. The number of hydrogen-bond acceptors (Lipinski definition) is 7. The van der Waals surface area contributed by atoms with Gasteiger partial charge in [0.25, 0.3) is 5.91 Å². The van der Waals surface area contributed by atoms with Crippen LogP contribution in [0.5, 0.6) is 0 Å². The Morgan fingerprint density at radius 2 is 2.16 bits per heavy atom. The number of benzene rings is 1. The molecule has 0 atom stereocenters. The molecular formula is C16H15BrN4O4. The lowest BCUT2D eigenvalue weighted by molar-refractivity contribution is -0.136. The fourth-order valence-corrected chi connectivity index (χ4v) is 3.12. The van der Waals surface area contributed by atoms with Crippen molar-refractivity contribution in [1.82, 2.24) is 14.9 Å². The minimum atomic E-state index is -0.590. The zero-order valence-electron chi connectivity index (χ0n) is 13.3. The number of ether oxygens (including phenoxy) is 1. The first-order valence-corrected chi connectivity index (χ1v) is 8.24. The van der Waals surface area contributed by atoms with Gasteiger partial charge in [-0.05, 0) is 28.1 Å². The summed E-state index contributed by atoms with van der Waals surface area (Å²) in [5, 5.41) is 12.1. The van der Waals surface area contributed by atoms with Crippen LogP contribution in [0.25, 0.3) is 11.0 Å². The van der Waals surface area contributed by atoms with E-state index in [1.54, 1.807) is 24.5 Å². The molecule has 1 amide bonds. The number of nitrogens with zero attached hydrogens (tertiary/aromatic N) is 3. The van der Waals surface area contributed by atoms with Crippen molar-refractivity contribution in [2.45, 2.75) is 0 Å². The van der Waals surface area contributed by atoms with Gasteiger partial charge in [-0.15, -0.1) is 0 Å². The van der Waals surface area contributed by atoms with Crippen molar-refractivity contribution in [1.29, 1.82) is 0 Å². The molecule has 1 aromatic carbocycles. The third-order valence-electron chi connectivity index (χ3n) is 3.79. The van der Waals surface area contributed by atoms with Crippen LogP contribution in [0, 0.1) is 0 Å². The summed E-state index contributed by atoms with van der Waals surface area (Å²) >= 11 is 3.46. The molecule has 1 aliphatic rings. The van der Waals surface area contributed by atoms with Crippen LogP contribution in [-0.2, 0) is 14.3 Å². The van der Waals surface area contributed by atoms with E-state index in [-0.39, 0.29) is 36.9 Å². The molecule has 25 heavy (non-hydrogen) atoms. The van der Waals surface area contributed by atoms with Crippen LogP contribution in [0.3, 0.4) is 0 Å². The molecule has 3 rings (SSSR count). The first-order valence-electron chi connectivity index (χ1n) is 7.44. The van der Waals surface area contributed by atoms with Gasteiger partial charge in [0.2, 0.25) is 0 Å². The Labute approximate surface area is 151 Å². The highest BCUT2D eigenvalue weighted by Gasteiger charge is 2.34. The molecule has 0 aliphatic carbocycles. The zero-order valence-corrected chi connectivity index (χ0v) is 14.9. The number of amides is 1. The van der Waals surface area contributed by atoms with Gasteiger partial charge in [-0.3, -0.25) is 14.8 Å². The summed E-state index contributed by atoms with van der Waals surface area (Å²) in [6, 6.07) is 3.50. The van der Waals surface area contributed by atoms with Gasteiger partial charge in [-0.25, -0.2) is 4.79 Å². The molecule has 130 valence electrons. The van der Waals surface area contributed by atoms with E-state index < -0.39 is 5.97 Å². The van der Waals surface area contributed by atoms with Crippen molar-refractivity contribution in [3.8, 4) is 0 Å². The number of hydrogen-bond donors (Lipinski definition) is 2. The number of aliphatic hydroxyl groups excluding tert-OH is 1. The predicted octanol–water partition coefficient (Wildman–Crippen LogP) is 1.07. The van der Waals surface area contributed by atoms with Crippen molar-refractivity contribution < 1.29 is 19.4 Å². The largest absolute Gasteiger partial charge is 0.466 e. The van der Waals surface area contributed by atoms with Gasteiger partial charge in [0, 0.05) is 18.9 Å². The molecule has 2 heterocycles. The number of nitrogens with one attached hydrogen (secondary N) is 1. The summed E-state index contributed by atoms with van der Waals surface area (Å²) < 4.78 is 5.39. The van der Waals surface area contributed by atoms with Crippen molar-refractivity contribution >= 4 is 44.5 Å². The second kappa shape index (κ2) is 7.16. The summed E-state index contributed by atoms with van der Waals surface area (Å²) in [7, 11) is 1.26. The highest BCUT2D eigenvalue weighted by molar-refractivity contribution is 9.10. The van der Waals surface area contributed by atoms with E-state index >= 15 is 0 Å². The molecule has 0 saturated carbocycles. The maximum atomic E-state index is 12.5. The Balaban J connectivity index is 2.00. The molecule has 0 unspecified atom stereocenters. The number of carbonyl (C=O) groups is 2. The molecule has 2 aromatic rings. The molecule has 0 bridgehead atoms. The first kappa shape index (κ1) is 17.3. The SMILES string of the molecule is COC(=O)C1=C(Nc2ccc3nccnc3c2Br)C(=O)N(CCO)C1. The number of aromatic nitrogens is 2. The Bertz CT molecular complexity index is 884. The van der Waals surface area contributed by atoms with Crippen LogP contribution >= 0.6 is 15.9 Å². The van der Waals surface area contributed by atoms with Gasteiger partial charge in [-0.1, -0.05) is 0 Å². The Kier molecular flexibility index (Phi) is 4.95. The average molecular weight is 407 g/mol. The summed E-state index contributed by atoms with van der Waals surface area (Å²) in [5.74, 6) is -0.964. The van der Waals surface area contributed by atoms with Crippen molar-refractivity contribution in [2.24, 2.45) is 0 Å². The van der Waals surface area contributed by atoms with Crippen molar-refractivity contribution in [3.05, 3.63) is 40.3 Å². The molecule has 0 saturated heterocycles. The number of esters is 1. The van der Waals surface area contributed by atoms with E-state index in [0.717, 1.165) is 0 Å². The number of β-amino-alcohol motifs (C(OH)–C–C–N with tert-alkyl or cyclic N) is 1. The second-order valence-electron chi connectivity index (χ2n) is 5.27. The fraction of sp³-hybridized carbons (Fsp3) is 0.250. The number of anilines is 1. The number of halogens is 1. The lowest BCUT2D eigenvalue weighted by Crippen LogP contribution is -2.31. The van der Waals surface area contributed by atoms with Crippen LogP contribution in [0.15, 0.2) is 40.3 Å². The molecule has 0 spiro atoms. The Morgan fingerprint density at radius 3 is 2.88 bits per heavy atom. The van der Waals surface area contributed by atoms with Gasteiger partial charge < -0.3 is 20.1 Å². The standard InChI is InChI=1S/C16H15BrN4O4/c1-25-16(24)9-8-21(6-7-22)15(23)13(9)20-10-2-3-11-14(12(10)17)19-5-4-18-11/h2-5,20,22H,6-8H2,1H3. The summed E-state index contributed by atoms with van der Waals surface area (Å²) in [5.41, 5.74) is 2.24. The van der Waals surface area contributed by atoms with Gasteiger partial charge in [-0.2, -0.15) is 0 Å². The normalized spacial score (nSPS) is 14.4. The topological polar surface area (TPSA) is 105 Å². The minimum Gasteiger partial charge on any atom is -0.466 e. The van der Waals surface area contributed by atoms with Gasteiger partial charge in [0.15, 0.2) is 0 Å². The van der Waals surface area contributed by atoms with Crippen LogP contribution < -0.4 is 5.32 Å². The quantitative estimate of drug-likeness (QED) is 0.715. The van der Waals surface area contributed by atoms with E-state index in [4.69, 9.17) is 9.84 Å². The van der Waals surface area contributed by atoms with E-state index in [2.05, 4.69) is 31.2 Å². The Morgan fingerprint density at radius 1 is 1.40 bits per heavy atom. The monoisotopic (exact) mass is 406 g/mol. The molecule has 1 aromatic heterocycles. The number of carbonyl (C=O) groups excluding carboxylic acids is 2. The summed E-state index contributed by atoms with van der Waals surface area (Å²) in [6.45, 7) is 0.0248. The van der Waals surface area contributed by atoms with Gasteiger partial charge >= 0.3 is 5.97 Å². The van der Waals surface area contributed by atoms with E-state index in [9.17, 15) is 9.59 Å².